The first-order chi connectivity index (χ1) is 11.3. The van der Waals surface area contributed by atoms with Crippen molar-refractivity contribution in [2.45, 2.75) is 58.5 Å². The molecule has 1 fully saturated rings. The lowest BCUT2D eigenvalue weighted by Crippen LogP contribution is -2.44. The minimum Gasteiger partial charge on any atom is -0.428 e. The van der Waals surface area contributed by atoms with Gasteiger partial charge in [-0.25, -0.2) is 4.79 Å². The van der Waals surface area contributed by atoms with Crippen molar-refractivity contribution in [1.29, 1.82) is 0 Å². The Morgan fingerprint density at radius 1 is 1.20 bits per heavy atom. The van der Waals surface area contributed by atoms with Gasteiger partial charge >= 0.3 is 13.3 Å². The van der Waals surface area contributed by atoms with Crippen LogP contribution in [0.1, 0.15) is 41.5 Å². The van der Waals surface area contributed by atoms with Gasteiger partial charge in [-0.2, -0.15) is 0 Å². The van der Waals surface area contributed by atoms with Crippen molar-refractivity contribution in [3.63, 3.8) is 0 Å². The Morgan fingerprint density at radius 3 is 2.36 bits per heavy atom. The van der Waals surface area contributed by atoms with Gasteiger partial charge in [-0.3, -0.25) is 4.79 Å². The molecule has 25 heavy (non-hydrogen) atoms. The van der Waals surface area contributed by atoms with Crippen LogP contribution in [-0.4, -0.2) is 35.4 Å². The smallest absolute Gasteiger partial charge is 0.428 e. The number of rotatable bonds is 2. The fourth-order valence-corrected chi connectivity index (χ4v) is 2.07. The molecule has 1 saturated heterocycles. The van der Waals surface area contributed by atoms with E-state index in [-0.39, 0.29) is 5.75 Å². The molecule has 1 aromatic rings. The van der Waals surface area contributed by atoms with E-state index >= 15 is 0 Å². The molecule has 1 atom stereocenters. The zero-order valence-corrected chi connectivity index (χ0v) is 15.3. The summed E-state index contributed by atoms with van der Waals surface area (Å²) in [6.45, 7) is 9.93. The number of carbonyl (C=O) groups is 1. The maximum atomic E-state index is 12.1. The Hall–Kier alpha value is -1.90. The average molecular weight is 350 g/mol. The zero-order valence-electron chi connectivity index (χ0n) is 15.3. The third-order valence-electron chi connectivity index (χ3n) is 3.79. The number of ether oxygens (including phenoxy) is 2. The van der Waals surface area contributed by atoms with E-state index in [0.29, 0.717) is 5.46 Å². The van der Waals surface area contributed by atoms with Gasteiger partial charge in [-0.05, 0) is 59.1 Å². The summed E-state index contributed by atoms with van der Waals surface area (Å²) in [6.07, 6.45) is -0.984. The number of hydrogen-bond donors (Lipinski definition) is 1. The van der Waals surface area contributed by atoms with Crippen LogP contribution in [-0.2, 0) is 14.0 Å². The lowest BCUT2D eigenvalue weighted by atomic mass is 9.80. The first-order valence-electron chi connectivity index (χ1n) is 7.94. The van der Waals surface area contributed by atoms with Crippen molar-refractivity contribution in [2.75, 3.05) is 0 Å². The van der Waals surface area contributed by atoms with Crippen LogP contribution in [0.2, 0.25) is 0 Å². The largest absolute Gasteiger partial charge is 0.514 e. The molecule has 1 unspecified atom stereocenters. The fourth-order valence-electron chi connectivity index (χ4n) is 2.07. The van der Waals surface area contributed by atoms with Crippen molar-refractivity contribution in [3.8, 4) is 5.75 Å². The molecular formula is C17H23BO7. The van der Waals surface area contributed by atoms with E-state index in [9.17, 15) is 14.7 Å². The summed E-state index contributed by atoms with van der Waals surface area (Å²) in [4.78, 5) is 23.9. The molecule has 1 heterocycles. The first-order valence-corrected chi connectivity index (χ1v) is 7.94. The lowest BCUT2D eigenvalue weighted by Gasteiger charge is -2.30. The first kappa shape index (κ1) is 19.4. The SMILES string of the molecule is CC(C)(C)OC(=O)Oc1cc(B2OC(C)(C)C(C)(O)O2)cccc1=O. The molecule has 1 aromatic carbocycles. The minimum atomic E-state index is -1.52. The van der Waals surface area contributed by atoms with Gasteiger partial charge in [-0.15, -0.1) is 0 Å². The van der Waals surface area contributed by atoms with Crippen LogP contribution in [0.25, 0.3) is 0 Å². The second-order valence-electron chi connectivity index (χ2n) is 7.53. The van der Waals surface area contributed by atoms with E-state index in [4.69, 9.17) is 18.8 Å². The topological polar surface area (TPSA) is 91.3 Å². The average Bonchev–Trinajstić information content (AvgIpc) is 2.54. The minimum absolute atomic E-state index is 0.217. The molecule has 0 aromatic heterocycles. The van der Waals surface area contributed by atoms with Crippen molar-refractivity contribution < 1.29 is 28.7 Å². The number of carbonyl (C=O) groups excluding carboxylic acids is 1. The van der Waals surface area contributed by atoms with E-state index in [2.05, 4.69) is 0 Å². The van der Waals surface area contributed by atoms with E-state index in [1.54, 1.807) is 40.7 Å². The Kier molecular flexibility index (Phi) is 5.00. The molecule has 1 aliphatic rings. The Balaban J connectivity index is 2.30. The van der Waals surface area contributed by atoms with E-state index in [1.807, 2.05) is 0 Å². The second kappa shape index (κ2) is 6.44. The number of hydrogen-bond acceptors (Lipinski definition) is 7. The predicted octanol–water partition coefficient (Wildman–Crippen LogP) is 1.59. The lowest BCUT2D eigenvalue weighted by molar-refractivity contribution is -0.176. The molecule has 136 valence electrons. The van der Waals surface area contributed by atoms with Gasteiger partial charge < -0.3 is 23.9 Å². The molecule has 2 rings (SSSR count). The summed E-state index contributed by atoms with van der Waals surface area (Å²) in [7, 11) is -0.919. The van der Waals surface area contributed by atoms with Crippen LogP contribution in [0.15, 0.2) is 29.1 Å². The highest BCUT2D eigenvalue weighted by molar-refractivity contribution is 6.62. The van der Waals surface area contributed by atoms with Crippen LogP contribution in [0.4, 0.5) is 4.79 Å². The third kappa shape index (κ3) is 4.59. The Labute approximate surface area is 147 Å². The summed E-state index contributed by atoms with van der Waals surface area (Å²) < 4.78 is 21.4. The van der Waals surface area contributed by atoms with Crippen LogP contribution >= 0.6 is 0 Å². The summed E-state index contributed by atoms with van der Waals surface area (Å²) >= 11 is 0. The van der Waals surface area contributed by atoms with Crippen molar-refractivity contribution in [3.05, 3.63) is 34.5 Å². The monoisotopic (exact) mass is 350 g/mol. The summed E-state index contributed by atoms with van der Waals surface area (Å²) in [5, 5.41) is 10.3. The molecule has 0 spiro atoms. The van der Waals surface area contributed by atoms with Gasteiger partial charge in [0.1, 0.15) is 11.2 Å². The quantitative estimate of drug-likeness (QED) is 0.640. The maximum Gasteiger partial charge on any atom is 0.514 e. The van der Waals surface area contributed by atoms with E-state index in [0.717, 1.165) is 0 Å². The van der Waals surface area contributed by atoms with Crippen LogP contribution in [0.5, 0.6) is 5.75 Å². The molecule has 0 radical (unpaired) electrons. The summed E-state index contributed by atoms with van der Waals surface area (Å²) in [6, 6.07) is 5.67. The molecule has 1 N–H and O–H groups in total. The second-order valence-corrected chi connectivity index (χ2v) is 7.53. The van der Waals surface area contributed by atoms with Gasteiger partial charge in [-0.1, -0.05) is 12.1 Å². The standard InChI is InChI=1S/C17H23BO7/c1-15(2,3)23-14(20)22-13-10-11(8-7-9-12(13)19)18-24-16(4,5)17(6,21)25-18/h7-10,21H,1-6H3. The maximum absolute atomic E-state index is 12.1. The molecule has 1 aliphatic heterocycles. The van der Waals surface area contributed by atoms with Gasteiger partial charge in [0.05, 0.1) is 0 Å². The highest BCUT2D eigenvalue weighted by atomic mass is 16.7. The zero-order chi connectivity index (χ0) is 19.0. The normalized spacial score (nSPS) is 22.6. The molecule has 0 aliphatic carbocycles. The van der Waals surface area contributed by atoms with E-state index in [1.165, 1.54) is 25.1 Å². The van der Waals surface area contributed by atoms with Gasteiger partial charge in [0, 0.05) is 0 Å². The molecule has 0 saturated carbocycles. The molecule has 7 nitrogen and oxygen atoms in total. The Morgan fingerprint density at radius 2 is 1.84 bits per heavy atom. The van der Waals surface area contributed by atoms with Crippen LogP contribution < -0.4 is 15.6 Å². The van der Waals surface area contributed by atoms with Gasteiger partial charge in [0.25, 0.3) is 0 Å². The number of aliphatic hydroxyl groups is 1. The van der Waals surface area contributed by atoms with Crippen molar-refractivity contribution in [1.82, 2.24) is 0 Å². The fraction of sp³-hybridized carbons (Fsp3) is 0.529. The molecule has 0 bridgehead atoms. The van der Waals surface area contributed by atoms with Crippen LogP contribution in [0, 0.1) is 0 Å². The predicted molar refractivity (Wildman–Crippen MR) is 91.8 cm³/mol. The van der Waals surface area contributed by atoms with E-state index < -0.39 is 35.7 Å². The van der Waals surface area contributed by atoms with Crippen LogP contribution in [0.3, 0.4) is 0 Å². The third-order valence-corrected chi connectivity index (χ3v) is 3.79. The van der Waals surface area contributed by atoms with Gasteiger partial charge in [0.2, 0.25) is 5.43 Å². The highest BCUT2D eigenvalue weighted by Gasteiger charge is 2.54. The molecule has 0 amide bonds. The van der Waals surface area contributed by atoms with Crippen molar-refractivity contribution >= 4 is 18.7 Å². The van der Waals surface area contributed by atoms with Gasteiger partial charge in [0.15, 0.2) is 11.5 Å². The molecule has 8 heteroatoms. The molecular weight excluding hydrogens is 327 g/mol. The summed E-state index contributed by atoms with van der Waals surface area (Å²) in [5.41, 5.74) is -1.79. The highest BCUT2D eigenvalue weighted by Crippen LogP contribution is 2.34. The van der Waals surface area contributed by atoms with Crippen molar-refractivity contribution in [2.24, 2.45) is 0 Å². The summed E-state index contributed by atoms with van der Waals surface area (Å²) in [5.74, 6) is -1.73. The Bertz CT molecular complexity index is 706.